The summed E-state index contributed by atoms with van der Waals surface area (Å²) in [5.74, 6) is 0.668. The molecule has 2 aromatic rings. The third-order valence-corrected chi connectivity index (χ3v) is 3.45. The van der Waals surface area contributed by atoms with E-state index in [1.807, 2.05) is 4.68 Å². The second-order valence-electron chi connectivity index (χ2n) is 4.68. The molecule has 0 spiro atoms. The summed E-state index contributed by atoms with van der Waals surface area (Å²) >= 11 is 6.20. The van der Waals surface area contributed by atoms with Crippen LogP contribution in [0.2, 0.25) is 5.02 Å². The maximum atomic E-state index is 6.20. The molecule has 0 fully saturated rings. The van der Waals surface area contributed by atoms with E-state index in [2.05, 4.69) is 29.4 Å². The Hall–Kier alpha value is -1.62. The van der Waals surface area contributed by atoms with E-state index >= 15 is 0 Å². The number of rotatable bonds is 5. The van der Waals surface area contributed by atoms with Gasteiger partial charge in [0.25, 0.3) is 0 Å². The molecule has 102 valence electrons. The van der Waals surface area contributed by atoms with Gasteiger partial charge in [-0.3, -0.25) is 0 Å². The molecule has 1 unspecified atom stereocenters. The minimum atomic E-state index is 0.238. The van der Waals surface area contributed by atoms with Gasteiger partial charge in [0, 0.05) is 11.3 Å². The number of unbranched alkanes of at least 4 members (excludes halogenated alkanes) is 1. The highest BCUT2D eigenvalue weighted by Gasteiger charge is 2.16. The van der Waals surface area contributed by atoms with Crippen molar-refractivity contribution in [3.63, 3.8) is 0 Å². The number of tetrazole rings is 1. The summed E-state index contributed by atoms with van der Waals surface area (Å²) in [6, 6.07) is 5.57. The van der Waals surface area contributed by atoms with Crippen LogP contribution in [0.1, 0.15) is 39.2 Å². The van der Waals surface area contributed by atoms with E-state index in [9.17, 15) is 0 Å². The Labute approximate surface area is 117 Å². The number of halogens is 1. The highest BCUT2D eigenvalue weighted by atomic mass is 35.5. The fourth-order valence-corrected chi connectivity index (χ4v) is 2.21. The molecular formula is C13H18ClN5. The Balaban J connectivity index is 2.35. The summed E-state index contributed by atoms with van der Waals surface area (Å²) in [7, 11) is 0. The molecular weight excluding hydrogens is 262 g/mol. The largest absolute Gasteiger partial charge is 0.399 e. The fourth-order valence-electron chi connectivity index (χ4n) is 2.00. The number of hydrogen-bond donors (Lipinski definition) is 1. The molecule has 1 atom stereocenters. The zero-order valence-electron chi connectivity index (χ0n) is 11.2. The monoisotopic (exact) mass is 279 g/mol. The summed E-state index contributed by atoms with van der Waals surface area (Å²) in [4.78, 5) is 0. The Morgan fingerprint density at radius 2 is 2.21 bits per heavy atom. The van der Waals surface area contributed by atoms with Crippen molar-refractivity contribution in [1.29, 1.82) is 0 Å². The summed E-state index contributed by atoms with van der Waals surface area (Å²) in [6.07, 6.45) is 3.33. The molecule has 0 saturated heterocycles. The fraction of sp³-hybridized carbons (Fsp3) is 0.462. The van der Waals surface area contributed by atoms with Gasteiger partial charge < -0.3 is 5.73 Å². The number of anilines is 1. The van der Waals surface area contributed by atoms with Gasteiger partial charge in [-0.2, -0.15) is 0 Å². The lowest BCUT2D eigenvalue weighted by molar-refractivity contribution is 0.437. The molecule has 2 N–H and O–H groups in total. The van der Waals surface area contributed by atoms with Crippen molar-refractivity contribution < 1.29 is 0 Å². The topological polar surface area (TPSA) is 69.6 Å². The van der Waals surface area contributed by atoms with E-state index in [4.69, 9.17) is 17.3 Å². The van der Waals surface area contributed by atoms with Crippen LogP contribution in [0.5, 0.6) is 0 Å². The van der Waals surface area contributed by atoms with Crippen LogP contribution in [0.4, 0.5) is 5.69 Å². The third-order valence-electron chi connectivity index (χ3n) is 3.12. The lowest BCUT2D eigenvalue weighted by Crippen LogP contribution is -2.09. The first-order chi connectivity index (χ1) is 9.13. The molecule has 0 saturated carbocycles. The van der Waals surface area contributed by atoms with Crippen molar-refractivity contribution in [1.82, 2.24) is 20.2 Å². The third kappa shape index (κ3) is 3.04. The molecule has 0 aliphatic rings. The first kappa shape index (κ1) is 13.8. The quantitative estimate of drug-likeness (QED) is 0.852. The van der Waals surface area contributed by atoms with Crippen LogP contribution in [0, 0.1) is 0 Å². The molecule has 0 aliphatic carbocycles. The number of hydrogen-bond acceptors (Lipinski definition) is 4. The number of nitrogens with zero attached hydrogens (tertiary/aromatic N) is 4. The lowest BCUT2D eigenvalue weighted by Gasteiger charge is -2.13. The van der Waals surface area contributed by atoms with E-state index in [0.29, 0.717) is 16.5 Å². The molecule has 0 amide bonds. The van der Waals surface area contributed by atoms with Crippen LogP contribution in [0.25, 0.3) is 11.4 Å². The molecule has 0 bridgehead atoms. The second-order valence-corrected chi connectivity index (χ2v) is 5.08. The predicted molar refractivity (Wildman–Crippen MR) is 76.9 cm³/mol. The van der Waals surface area contributed by atoms with Crippen LogP contribution in [0.15, 0.2) is 18.2 Å². The zero-order chi connectivity index (χ0) is 13.8. The molecule has 2 rings (SSSR count). The molecule has 1 aromatic carbocycles. The maximum absolute atomic E-state index is 6.20. The number of nitrogens with two attached hydrogens (primary N) is 1. The van der Waals surface area contributed by atoms with Crippen molar-refractivity contribution in [2.45, 2.75) is 39.2 Å². The lowest BCUT2D eigenvalue weighted by atomic mass is 10.1. The first-order valence-electron chi connectivity index (χ1n) is 6.46. The number of nitrogen functional groups attached to an aromatic ring is 1. The summed E-state index contributed by atoms with van der Waals surface area (Å²) < 4.78 is 1.82. The van der Waals surface area contributed by atoms with Crippen LogP contribution in [0.3, 0.4) is 0 Å². The van der Waals surface area contributed by atoms with Gasteiger partial charge in [-0.05, 0) is 42.0 Å². The first-order valence-corrected chi connectivity index (χ1v) is 6.84. The molecule has 19 heavy (non-hydrogen) atoms. The van der Waals surface area contributed by atoms with Crippen LogP contribution >= 0.6 is 11.6 Å². The summed E-state index contributed by atoms with van der Waals surface area (Å²) in [5.41, 5.74) is 7.22. The van der Waals surface area contributed by atoms with Crippen LogP contribution in [-0.2, 0) is 0 Å². The van der Waals surface area contributed by atoms with Gasteiger partial charge in [0.05, 0.1) is 11.1 Å². The molecule has 0 aliphatic heterocycles. The van der Waals surface area contributed by atoms with Crippen molar-refractivity contribution in [3.05, 3.63) is 23.2 Å². The van der Waals surface area contributed by atoms with E-state index in [0.717, 1.165) is 24.8 Å². The zero-order valence-corrected chi connectivity index (χ0v) is 11.9. The second kappa shape index (κ2) is 6.02. The standard InChI is InChI=1S/C13H18ClN5/c1-3-4-5-9(2)19-13(16-17-18-19)11-8-10(15)6-7-12(11)14/h6-9H,3-5,15H2,1-2H3. The molecule has 1 heterocycles. The van der Waals surface area contributed by atoms with Crippen molar-refractivity contribution in [3.8, 4) is 11.4 Å². The Bertz CT molecular complexity index is 552. The van der Waals surface area contributed by atoms with Gasteiger partial charge in [-0.15, -0.1) is 5.10 Å². The molecule has 0 radical (unpaired) electrons. The van der Waals surface area contributed by atoms with Gasteiger partial charge >= 0.3 is 0 Å². The molecule has 5 nitrogen and oxygen atoms in total. The minimum absolute atomic E-state index is 0.238. The van der Waals surface area contributed by atoms with Crippen molar-refractivity contribution in [2.24, 2.45) is 0 Å². The van der Waals surface area contributed by atoms with Gasteiger partial charge in [0.1, 0.15) is 0 Å². The van der Waals surface area contributed by atoms with Crippen LogP contribution < -0.4 is 5.73 Å². The SMILES string of the molecule is CCCCC(C)n1nnnc1-c1cc(N)ccc1Cl. The highest BCUT2D eigenvalue weighted by Crippen LogP contribution is 2.29. The highest BCUT2D eigenvalue weighted by molar-refractivity contribution is 6.33. The number of aromatic nitrogens is 4. The average Bonchev–Trinajstić information content (AvgIpc) is 2.88. The van der Waals surface area contributed by atoms with Crippen molar-refractivity contribution >= 4 is 17.3 Å². The van der Waals surface area contributed by atoms with E-state index in [1.165, 1.54) is 0 Å². The maximum Gasteiger partial charge on any atom is 0.183 e. The normalized spacial score (nSPS) is 12.6. The molecule has 1 aromatic heterocycles. The predicted octanol–water partition coefficient (Wildman–Crippen LogP) is 3.33. The minimum Gasteiger partial charge on any atom is -0.399 e. The van der Waals surface area contributed by atoms with Gasteiger partial charge in [-0.1, -0.05) is 31.4 Å². The summed E-state index contributed by atoms with van der Waals surface area (Å²) in [5, 5.41) is 12.5. The average molecular weight is 280 g/mol. The van der Waals surface area contributed by atoms with Gasteiger partial charge in [0.2, 0.25) is 0 Å². The number of benzene rings is 1. The summed E-state index contributed by atoms with van der Waals surface area (Å²) in [6.45, 7) is 4.28. The Morgan fingerprint density at radius 1 is 1.42 bits per heavy atom. The van der Waals surface area contributed by atoms with E-state index < -0.39 is 0 Å². The van der Waals surface area contributed by atoms with Crippen molar-refractivity contribution in [2.75, 3.05) is 5.73 Å². The molecule has 6 heteroatoms. The smallest absolute Gasteiger partial charge is 0.183 e. The van der Waals surface area contributed by atoms with Crippen LogP contribution in [-0.4, -0.2) is 20.2 Å². The Kier molecular flexibility index (Phi) is 4.37. The van der Waals surface area contributed by atoms with Gasteiger partial charge in [0.15, 0.2) is 5.82 Å². The van der Waals surface area contributed by atoms with Gasteiger partial charge in [-0.25, -0.2) is 4.68 Å². The Morgan fingerprint density at radius 3 is 2.95 bits per heavy atom. The van der Waals surface area contributed by atoms with E-state index in [1.54, 1.807) is 18.2 Å². The van der Waals surface area contributed by atoms with E-state index in [-0.39, 0.29) is 6.04 Å².